The summed E-state index contributed by atoms with van der Waals surface area (Å²) in [6, 6.07) is 12.1. The molecular formula is C29H38ClNO9. The summed E-state index contributed by atoms with van der Waals surface area (Å²) in [7, 11) is 0. The van der Waals surface area contributed by atoms with Crippen LogP contribution in [0.15, 0.2) is 42.5 Å². The van der Waals surface area contributed by atoms with Crippen LogP contribution < -0.4 is 4.74 Å². The molecule has 0 spiro atoms. The van der Waals surface area contributed by atoms with Crippen molar-refractivity contribution in [3.05, 3.63) is 64.2 Å². The molecule has 4 rings (SSSR count). The van der Waals surface area contributed by atoms with E-state index in [1.807, 2.05) is 45.0 Å². The van der Waals surface area contributed by atoms with Gasteiger partial charge in [-0.05, 0) is 62.6 Å². The highest BCUT2D eigenvalue weighted by Gasteiger charge is 2.53. The Hall–Kier alpha value is -2.44. The van der Waals surface area contributed by atoms with Crippen LogP contribution in [0.2, 0.25) is 5.02 Å². The van der Waals surface area contributed by atoms with E-state index >= 15 is 0 Å². The van der Waals surface area contributed by atoms with E-state index in [-0.39, 0.29) is 17.8 Å². The number of benzene rings is 2. The summed E-state index contributed by atoms with van der Waals surface area (Å²) in [5.41, 5.74) is 1.14. The van der Waals surface area contributed by atoms with Gasteiger partial charge < -0.3 is 44.6 Å². The van der Waals surface area contributed by atoms with Gasteiger partial charge >= 0.3 is 6.09 Å². The largest absolute Gasteiger partial charge is 0.490 e. The lowest BCUT2D eigenvalue weighted by Crippen LogP contribution is -2.63. The maximum absolute atomic E-state index is 12.3. The second-order valence-electron chi connectivity index (χ2n) is 11.4. The second-order valence-corrected chi connectivity index (χ2v) is 11.8. The maximum atomic E-state index is 12.3. The zero-order valence-electron chi connectivity index (χ0n) is 22.9. The number of aliphatic hydroxyl groups excluding tert-OH is 4. The SMILES string of the molecule is CC(C)(C)OC(=O)N1CCC(Oc2ccc(Cc3cc([C@]4(O)O[C@H](CO)[C@@H](O)[C@H](O)[C@H]4O)ccc3Cl)cc2)CC1. The van der Waals surface area contributed by atoms with Gasteiger partial charge in [-0.15, -0.1) is 0 Å². The Kier molecular flexibility index (Phi) is 9.31. The first kappa shape index (κ1) is 30.5. The Morgan fingerprint density at radius 1 is 1.07 bits per heavy atom. The van der Waals surface area contributed by atoms with Gasteiger partial charge in [-0.1, -0.05) is 29.8 Å². The van der Waals surface area contributed by atoms with Crippen LogP contribution in [0.5, 0.6) is 5.75 Å². The van der Waals surface area contributed by atoms with Crippen LogP contribution in [0.1, 0.15) is 50.3 Å². The summed E-state index contributed by atoms with van der Waals surface area (Å²) in [5.74, 6) is -1.66. The first-order valence-corrected chi connectivity index (χ1v) is 13.8. The number of nitrogens with zero attached hydrogens (tertiary/aromatic N) is 1. The lowest BCUT2D eigenvalue weighted by molar-refractivity contribution is -0.357. The number of carbonyl (C=O) groups is 1. The molecule has 0 aromatic heterocycles. The van der Waals surface area contributed by atoms with Crippen molar-refractivity contribution in [1.29, 1.82) is 0 Å². The zero-order valence-corrected chi connectivity index (χ0v) is 23.6. The van der Waals surface area contributed by atoms with Crippen LogP contribution in [0.3, 0.4) is 0 Å². The fraction of sp³-hybridized carbons (Fsp3) is 0.552. The van der Waals surface area contributed by atoms with Gasteiger partial charge in [0.2, 0.25) is 5.79 Å². The number of carbonyl (C=O) groups excluding carboxylic acids is 1. The number of ether oxygens (including phenoxy) is 3. The van der Waals surface area contributed by atoms with Crippen molar-refractivity contribution < 1.29 is 44.5 Å². The van der Waals surface area contributed by atoms with Gasteiger partial charge in [0.15, 0.2) is 0 Å². The molecule has 0 saturated carbocycles. The molecule has 2 aromatic carbocycles. The molecule has 0 aliphatic carbocycles. The predicted octanol–water partition coefficient (Wildman–Crippen LogP) is 2.33. The van der Waals surface area contributed by atoms with Gasteiger partial charge in [0.1, 0.15) is 41.9 Å². The molecular weight excluding hydrogens is 542 g/mol. The number of rotatable bonds is 6. The van der Waals surface area contributed by atoms with Crippen molar-refractivity contribution in [3.63, 3.8) is 0 Å². The van der Waals surface area contributed by atoms with Crippen LogP contribution >= 0.6 is 11.6 Å². The third-order valence-electron chi connectivity index (χ3n) is 7.14. The van der Waals surface area contributed by atoms with Crippen LogP contribution in [-0.2, 0) is 21.7 Å². The molecule has 0 unspecified atom stereocenters. The van der Waals surface area contributed by atoms with Crippen molar-refractivity contribution in [2.24, 2.45) is 0 Å². The maximum Gasteiger partial charge on any atom is 0.410 e. The highest BCUT2D eigenvalue weighted by Crippen LogP contribution is 2.38. The summed E-state index contributed by atoms with van der Waals surface area (Å²) in [5, 5.41) is 51.8. The molecule has 11 heteroatoms. The van der Waals surface area contributed by atoms with E-state index in [0.717, 1.165) is 5.56 Å². The quantitative estimate of drug-likeness (QED) is 0.347. The molecule has 1 amide bonds. The minimum atomic E-state index is -2.36. The summed E-state index contributed by atoms with van der Waals surface area (Å²) in [4.78, 5) is 14.0. The average Bonchev–Trinajstić information content (AvgIpc) is 2.91. The topological polar surface area (TPSA) is 149 Å². The number of likely N-dealkylation sites (tertiary alicyclic amines) is 1. The monoisotopic (exact) mass is 579 g/mol. The molecule has 2 fully saturated rings. The Bertz CT molecular complexity index is 1160. The molecule has 220 valence electrons. The normalized spacial score (nSPS) is 27.9. The van der Waals surface area contributed by atoms with E-state index in [4.69, 9.17) is 25.8 Å². The summed E-state index contributed by atoms with van der Waals surface area (Å²) < 4.78 is 17.0. The van der Waals surface area contributed by atoms with E-state index in [9.17, 15) is 30.3 Å². The molecule has 2 aliphatic rings. The molecule has 40 heavy (non-hydrogen) atoms. The summed E-state index contributed by atoms with van der Waals surface area (Å²) >= 11 is 6.43. The van der Waals surface area contributed by atoms with Crippen molar-refractivity contribution >= 4 is 17.7 Å². The lowest BCUT2D eigenvalue weighted by atomic mass is 9.87. The van der Waals surface area contributed by atoms with Crippen molar-refractivity contribution in [1.82, 2.24) is 4.90 Å². The summed E-state index contributed by atoms with van der Waals surface area (Å²) in [6.45, 7) is 6.00. The first-order chi connectivity index (χ1) is 18.8. The molecule has 2 aliphatic heterocycles. The molecule has 5 atom stereocenters. The van der Waals surface area contributed by atoms with Gasteiger partial charge in [-0.25, -0.2) is 4.79 Å². The Balaban J connectivity index is 1.38. The fourth-order valence-corrected chi connectivity index (χ4v) is 5.09. The lowest BCUT2D eigenvalue weighted by Gasteiger charge is -2.45. The van der Waals surface area contributed by atoms with Crippen molar-refractivity contribution in [3.8, 4) is 5.75 Å². The Morgan fingerprint density at radius 3 is 2.33 bits per heavy atom. The van der Waals surface area contributed by atoms with Gasteiger partial charge in [-0.2, -0.15) is 0 Å². The second kappa shape index (κ2) is 12.2. The molecule has 5 N–H and O–H groups in total. The van der Waals surface area contributed by atoms with E-state index in [1.165, 1.54) is 6.07 Å². The molecule has 2 aromatic rings. The number of aliphatic hydroxyl groups is 5. The van der Waals surface area contributed by atoms with Gasteiger partial charge in [0.25, 0.3) is 0 Å². The smallest absolute Gasteiger partial charge is 0.410 e. The van der Waals surface area contributed by atoms with E-state index in [2.05, 4.69) is 0 Å². The van der Waals surface area contributed by atoms with Gasteiger partial charge in [-0.3, -0.25) is 0 Å². The number of hydrogen-bond donors (Lipinski definition) is 5. The Labute approximate surface area is 238 Å². The van der Waals surface area contributed by atoms with Crippen LogP contribution in [0.4, 0.5) is 4.79 Å². The number of halogens is 1. The van der Waals surface area contributed by atoms with Crippen molar-refractivity contribution in [2.45, 2.75) is 81.9 Å². The minimum Gasteiger partial charge on any atom is -0.490 e. The minimum absolute atomic E-state index is 0.0186. The van der Waals surface area contributed by atoms with E-state index < -0.39 is 42.4 Å². The molecule has 2 saturated heterocycles. The van der Waals surface area contributed by atoms with E-state index in [1.54, 1.807) is 17.0 Å². The highest BCUT2D eigenvalue weighted by molar-refractivity contribution is 6.31. The van der Waals surface area contributed by atoms with E-state index in [0.29, 0.717) is 48.7 Å². The molecule has 10 nitrogen and oxygen atoms in total. The average molecular weight is 580 g/mol. The van der Waals surface area contributed by atoms with Crippen molar-refractivity contribution in [2.75, 3.05) is 19.7 Å². The van der Waals surface area contributed by atoms with Crippen LogP contribution in [0.25, 0.3) is 0 Å². The third kappa shape index (κ3) is 6.88. The molecule has 0 radical (unpaired) electrons. The zero-order chi connectivity index (χ0) is 29.2. The number of piperidine rings is 1. The predicted molar refractivity (Wildman–Crippen MR) is 146 cm³/mol. The standard InChI is InChI=1S/C29H38ClNO9/c1-28(2,3)40-27(36)31-12-10-21(11-13-31)38-20-7-4-17(5-8-20)14-18-15-19(6-9-22(18)30)29(37)26(35)25(34)24(33)23(16-32)39-29/h4-9,15,21,23-26,32-35,37H,10-14,16H2,1-3H3/t23-,24-,25+,26-,29+/m1/s1. The Morgan fingerprint density at radius 2 is 1.73 bits per heavy atom. The molecule has 0 bridgehead atoms. The first-order valence-electron chi connectivity index (χ1n) is 13.4. The van der Waals surface area contributed by atoms with Gasteiger partial charge in [0.05, 0.1) is 6.61 Å². The number of hydrogen-bond acceptors (Lipinski definition) is 9. The van der Waals surface area contributed by atoms with Gasteiger partial charge in [0, 0.05) is 36.5 Å². The summed E-state index contributed by atoms with van der Waals surface area (Å²) in [6.07, 6.45) is -4.98. The highest BCUT2D eigenvalue weighted by atomic mass is 35.5. The fourth-order valence-electron chi connectivity index (χ4n) is 4.91. The molecule has 2 heterocycles. The third-order valence-corrected chi connectivity index (χ3v) is 7.51. The number of amides is 1. The van der Waals surface area contributed by atoms with Crippen LogP contribution in [0, 0.1) is 0 Å². The van der Waals surface area contributed by atoms with Crippen LogP contribution in [-0.4, -0.2) is 92.3 Å².